The maximum atomic E-state index is 13.5. The van der Waals surface area contributed by atoms with Gasteiger partial charge in [0, 0.05) is 19.3 Å². The molecule has 14 heteroatoms. The number of carbonyl (C=O) groups is 5. The van der Waals surface area contributed by atoms with Crippen LogP contribution in [0.2, 0.25) is 0 Å². The lowest BCUT2D eigenvalue weighted by Crippen LogP contribution is -2.72. The molecule has 3 aliphatic carbocycles. The van der Waals surface area contributed by atoms with E-state index in [0.717, 1.165) is 13.2 Å². The highest BCUT2D eigenvalue weighted by atomic mass is 16.5. The van der Waals surface area contributed by atoms with Gasteiger partial charge in [0.15, 0.2) is 23.0 Å². The molecule has 202 valence electrons. The zero-order chi connectivity index (χ0) is 28.4. The minimum atomic E-state index is -3.44. The number of carbonyl (C=O) groups excluding carboxylic acids is 4. The fourth-order valence-electron chi connectivity index (χ4n) is 5.22. The van der Waals surface area contributed by atoms with E-state index in [-0.39, 0.29) is 12.0 Å². The number of methoxy groups -OCH3 is 1. The zero-order valence-corrected chi connectivity index (χ0v) is 19.7. The molecular weight excluding hydrogens is 512 g/mol. The number of aromatic hydroxyl groups is 1. The lowest BCUT2D eigenvalue weighted by atomic mass is 9.55. The number of aliphatic hydroxyl groups excluding tert-OH is 2. The topological polar surface area (TPSA) is 245 Å². The van der Waals surface area contributed by atoms with Crippen molar-refractivity contribution in [2.45, 2.75) is 48.9 Å². The van der Waals surface area contributed by atoms with Gasteiger partial charge in [-0.15, -0.1) is 0 Å². The van der Waals surface area contributed by atoms with Gasteiger partial charge < -0.3 is 45.2 Å². The number of rotatable bonds is 5. The van der Waals surface area contributed by atoms with Crippen LogP contribution in [0.5, 0.6) is 11.5 Å². The molecule has 1 fully saturated rings. The average Bonchev–Trinajstić information content (AvgIpc) is 2.81. The third-order valence-electron chi connectivity index (χ3n) is 6.97. The Morgan fingerprint density at radius 1 is 0.974 bits per heavy atom. The van der Waals surface area contributed by atoms with Gasteiger partial charge in [-0.3, -0.25) is 19.2 Å². The summed E-state index contributed by atoms with van der Waals surface area (Å²) in [5.74, 6) is -10.8. The number of aliphatic carboxylic acids is 1. The highest BCUT2D eigenvalue weighted by Gasteiger charge is 2.71. The monoisotopic (exact) mass is 534 g/mol. The lowest BCUT2D eigenvalue weighted by Gasteiger charge is -2.53. The summed E-state index contributed by atoms with van der Waals surface area (Å²) in [4.78, 5) is 60.6. The third kappa shape index (κ3) is 3.64. The second-order valence-corrected chi connectivity index (χ2v) is 9.31. The maximum absolute atomic E-state index is 13.5. The Morgan fingerprint density at radius 3 is 2.21 bits per heavy atom. The smallest absolute Gasteiger partial charge is 0.342 e. The van der Waals surface area contributed by atoms with E-state index in [4.69, 9.17) is 4.74 Å². The van der Waals surface area contributed by atoms with Crippen LogP contribution in [-0.2, 0) is 35.1 Å². The van der Waals surface area contributed by atoms with Crippen molar-refractivity contribution < 1.29 is 69.2 Å². The lowest BCUT2D eigenvalue weighted by molar-refractivity contribution is -0.200. The summed E-state index contributed by atoms with van der Waals surface area (Å²) < 4.78 is 9.43. The third-order valence-corrected chi connectivity index (χ3v) is 6.97. The molecule has 1 saturated carbocycles. The Kier molecular flexibility index (Phi) is 6.10. The second kappa shape index (κ2) is 8.65. The van der Waals surface area contributed by atoms with Gasteiger partial charge in [0.05, 0.1) is 31.1 Å². The van der Waals surface area contributed by atoms with E-state index < -0.39 is 112 Å². The van der Waals surface area contributed by atoms with Crippen molar-refractivity contribution in [3.63, 3.8) is 0 Å². The number of benzene rings is 1. The molecule has 1 aromatic rings. The Bertz CT molecular complexity index is 1390. The van der Waals surface area contributed by atoms with Gasteiger partial charge in [0.2, 0.25) is 11.4 Å². The number of phenolic OH excluding ortho intramolecular Hbond substituents is 1. The number of carboxylic acid groups (broad SMARTS) is 1. The number of ketones is 2. The van der Waals surface area contributed by atoms with Crippen molar-refractivity contribution in [3.8, 4) is 11.5 Å². The van der Waals surface area contributed by atoms with Gasteiger partial charge in [0.25, 0.3) is 0 Å². The summed E-state index contributed by atoms with van der Waals surface area (Å²) in [7, 11) is 1.12. The minimum Gasteiger partial charge on any atom is -0.508 e. The molecule has 0 aliphatic heterocycles. The Labute approximate surface area is 212 Å². The first-order chi connectivity index (χ1) is 17.6. The summed E-state index contributed by atoms with van der Waals surface area (Å²) in [5, 5.41) is 75.1. The number of phenols is 1. The van der Waals surface area contributed by atoms with Gasteiger partial charge >= 0.3 is 17.9 Å². The summed E-state index contributed by atoms with van der Waals surface area (Å²) in [6.45, 7) is 0. The largest absolute Gasteiger partial charge is 0.508 e. The number of hydrogen-bond donors (Lipinski definition) is 7. The SMILES string of the molecule is COC(=O)CCC(=O)Oc1ccc2c(c1O)C(O)=C1C(=O)[C@]3(O)C(O)=C(C(=O)O)C(=O)C[C@]3(O)C[C@]1(O)C2. The van der Waals surface area contributed by atoms with Gasteiger partial charge in [-0.2, -0.15) is 0 Å². The van der Waals surface area contributed by atoms with Crippen LogP contribution >= 0.6 is 0 Å². The van der Waals surface area contributed by atoms with Crippen molar-refractivity contribution in [2.24, 2.45) is 0 Å². The molecule has 0 aromatic heterocycles. The van der Waals surface area contributed by atoms with Gasteiger partial charge in [0.1, 0.15) is 22.5 Å². The Balaban J connectivity index is 1.82. The van der Waals surface area contributed by atoms with Gasteiger partial charge in [-0.1, -0.05) is 6.07 Å². The number of esters is 2. The first-order valence-corrected chi connectivity index (χ1v) is 11.1. The molecule has 0 bridgehead atoms. The molecule has 4 rings (SSSR count). The fraction of sp³-hybridized carbons (Fsp3) is 0.375. The van der Waals surface area contributed by atoms with Crippen molar-refractivity contribution in [1.29, 1.82) is 0 Å². The number of ether oxygens (including phenoxy) is 2. The average molecular weight is 534 g/mol. The minimum absolute atomic E-state index is 0.00979. The summed E-state index contributed by atoms with van der Waals surface area (Å²) in [6.07, 6.45) is -3.43. The Morgan fingerprint density at radius 2 is 1.61 bits per heavy atom. The van der Waals surface area contributed by atoms with E-state index in [1.165, 1.54) is 6.07 Å². The molecule has 38 heavy (non-hydrogen) atoms. The highest BCUT2D eigenvalue weighted by molar-refractivity contribution is 6.22. The predicted molar refractivity (Wildman–Crippen MR) is 120 cm³/mol. The van der Waals surface area contributed by atoms with Crippen LogP contribution in [0.4, 0.5) is 0 Å². The summed E-state index contributed by atoms with van der Waals surface area (Å²) >= 11 is 0. The van der Waals surface area contributed by atoms with Crippen molar-refractivity contribution in [1.82, 2.24) is 0 Å². The second-order valence-electron chi connectivity index (χ2n) is 9.31. The van der Waals surface area contributed by atoms with Crippen LogP contribution in [0.1, 0.15) is 36.8 Å². The van der Waals surface area contributed by atoms with E-state index in [0.29, 0.717) is 0 Å². The van der Waals surface area contributed by atoms with Crippen LogP contribution in [-0.4, -0.2) is 89.1 Å². The first kappa shape index (κ1) is 26.8. The Hall–Kier alpha value is -4.27. The molecule has 7 N–H and O–H groups in total. The van der Waals surface area contributed by atoms with Crippen molar-refractivity contribution >= 4 is 35.2 Å². The molecule has 14 nitrogen and oxygen atoms in total. The molecule has 3 atom stereocenters. The maximum Gasteiger partial charge on any atom is 0.342 e. The van der Waals surface area contributed by atoms with Crippen LogP contribution in [0.15, 0.2) is 29.0 Å². The van der Waals surface area contributed by atoms with Crippen molar-refractivity contribution in [3.05, 3.63) is 40.2 Å². The quantitative estimate of drug-likeness (QED) is 0.138. The summed E-state index contributed by atoms with van der Waals surface area (Å²) in [6, 6.07) is 2.34. The summed E-state index contributed by atoms with van der Waals surface area (Å²) in [5.41, 5.74) is -11.5. The molecule has 3 aliphatic rings. The predicted octanol–water partition coefficient (Wildman–Crippen LogP) is -0.888. The van der Waals surface area contributed by atoms with E-state index in [9.17, 15) is 59.7 Å². The normalized spacial score (nSPS) is 28.3. The molecule has 0 unspecified atom stereocenters. The fourth-order valence-corrected chi connectivity index (χ4v) is 5.22. The molecule has 0 saturated heterocycles. The van der Waals surface area contributed by atoms with E-state index in [1.54, 1.807) is 0 Å². The molecule has 1 aromatic carbocycles. The molecular formula is C24H22O14. The van der Waals surface area contributed by atoms with E-state index >= 15 is 0 Å². The molecule has 0 radical (unpaired) electrons. The van der Waals surface area contributed by atoms with E-state index in [1.807, 2.05) is 0 Å². The first-order valence-electron chi connectivity index (χ1n) is 11.1. The van der Waals surface area contributed by atoms with E-state index in [2.05, 4.69) is 4.74 Å². The van der Waals surface area contributed by atoms with Crippen LogP contribution in [0, 0.1) is 0 Å². The number of carboxylic acids is 1. The van der Waals surface area contributed by atoms with Crippen LogP contribution < -0.4 is 4.74 Å². The molecule has 0 spiro atoms. The van der Waals surface area contributed by atoms with Gasteiger partial charge in [-0.25, -0.2) is 4.79 Å². The molecule has 0 amide bonds. The standard InChI is InChI=1S/C24H22O14/c1-37-12(26)4-5-13(27)38-11-3-2-9-6-22(34)8-23(35)7-10(25)15(21(32)33)19(30)24(23,36)20(31)16(22)18(29)14(9)17(11)28/h2-3,28-30,34-36H,4-8H2,1H3,(H,32,33)/t22-,23+,24-/m1/s1. The van der Waals surface area contributed by atoms with Gasteiger partial charge in [-0.05, 0) is 11.6 Å². The molecule has 0 heterocycles. The number of hydrogen-bond acceptors (Lipinski definition) is 13. The van der Waals surface area contributed by atoms with Crippen molar-refractivity contribution in [2.75, 3.05) is 7.11 Å². The zero-order valence-electron chi connectivity index (χ0n) is 19.7. The highest BCUT2D eigenvalue weighted by Crippen LogP contribution is 2.56. The number of fused-ring (bicyclic) bond motifs is 3. The van der Waals surface area contributed by atoms with Crippen LogP contribution in [0.25, 0.3) is 5.76 Å². The number of Topliss-reactive ketones (excluding diaryl/α,β-unsaturated/α-hetero) is 2. The van der Waals surface area contributed by atoms with Crippen LogP contribution in [0.3, 0.4) is 0 Å². The number of aliphatic hydroxyl groups is 5.